The van der Waals surface area contributed by atoms with Gasteiger partial charge in [0.1, 0.15) is 11.5 Å². The molecule has 2 aromatic heterocycles. The summed E-state index contributed by atoms with van der Waals surface area (Å²) in [6.07, 6.45) is 1.77. The van der Waals surface area contributed by atoms with Gasteiger partial charge < -0.3 is 0 Å². The third-order valence-corrected chi connectivity index (χ3v) is 4.16. The van der Waals surface area contributed by atoms with Gasteiger partial charge in [-0.3, -0.25) is 10.4 Å². The maximum atomic E-state index is 4.66. The number of hydrogen-bond donors (Lipinski definition) is 1. The molecule has 4 heteroatoms. The number of pyridine rings is 2. The summed E-state index contributed by atoms with van der Waals surface area (Å²) in [6.45, 7) is 2.08. The van der Waals surface area contributed by atoms with Crippen LogP contribution in [0.25, 0.3) is 10.9 Å². The number of anilines is 1. The summed E-state index contributed by atoms with van der Waals surface area (Å²) in [5.74, 6) is 0.713. The van der Waals surface area contributed by atoms with Crippen LogP contribution in [0.1, 0.15) is 16.8 Å². The van der Waals surface area contributed by atoms with E-state index < -0.39 is 0 Å². The second-order valence-corrected chi connectivity index (χ2v) is 5.99. The van der Waals surface area contributed by atoms with E-state index in [-0.39, 0.29) is 0 Å². The average molecular weight is 338 g/mol. The number of aryl methyl sites for hydroxylation is 1. The monoisotopic (exact) mass is 338 g/mol. The summed E-state index contributed by atoms with van der Waals surface area (Å²) in [5.41, 5.74) is 7.80. The smallest absolute Gasteiger partial charge is 0.147 e. The molecule has 2 heterocycles. The highest BCUT2D eigenvalue weighted by atomic mass is 15.3. The summed E-state index contributed by atoms with van der Waals surface area (Å²) >= 11 is 0. The Morgan fingerprint density at radius 3 is 2.46 bits per heavy atom. The molecule has 0 atom stereocenters. The van der Waals surface area contributed by atoms with Gasteiger partial charge in [-0.25, -0.2) is 4.98 Å². The van der Waals surface area contributed by atoms with Crippen LogP contribution in [-0.4, -0.2) is 15.7 Å². The van der Waals surface area contributed by atoms with Gasteiger partial charge in [-0.1, -0.05) is 54.6 Å². The first kappa shape index (κ1) is 16.0. The van der Waals surface area contributed by atoms with E-state index in [9.17, 15) is 0 Å². The molecule has 0 amide bonds. The van der Waals surface area contributed by atoms with E-state index in [2.05, 4.69) is 33.5 Å². The number of fused-ring (bicyclic) bond motifs is 1. The molecule has 2 aromatic carbocycles. The molecule has 0 saturated carbocycles. The Kier molecular flexibility index (Phi) is 4.39. The summed E-state index contributed by atoms with van der Waals surface area (Å²) in [7, 11) is 0. The van der Waals surface area contributed by atoms with Gasteiger partial charge in [-0.2, -0.15) is 5.10 Å². The summed E-state index contributed by atoms with van der Waals surface area (Å²) in [6, 6.07) is 25.9. The fourth-order valence-electron chi connectivity index (χ4n) is 2.89. The molecule has 0 aliphatic carbocycles. The molecule has 1 N–H and O–H groups in total. The second kappa shape index (κ2) is 7.15. The minimum absolute atomic E-state index is 0.713. The first-order chi connectivity index (χ1) is 12.8. The minimum atomic E-state index is 0.713. The maximum Gasteiger partial charge on any atom is 0.147 e. The molecular weight excluding hydrogens is 320 g/mol. The molecule has 126 valence electrons. The predicted octanol–water partition coefficient (Wildman–Crippen LogP) is 4.80. The van der Waals surface area contributed by atoms with Crippen molar-refractivity contribution in [3.05, 3.63) is 102 Å². The molecule has 0 saturated heterocycles. The molecular formula is C22H18N4. The van der Waals surface area contributed by atoms with Gasteiger partial charge in [0, 0.05) is 17.1 Å². The normalized spacial score (nSPS) is 11.5. The average Bonchev–Trinajstić information content (AvgIpc) is 2.70. The van der Waals surface area contributed by atoms with E-state index in [4.69, 9.17) is 0 Å². The van der Waals surface area contributed by atoms with E-state index in [0.717, 1.165) is 33.4 Å². The number of para-hydroxylation sites is 1. The lowest BCUT2D eigenvalue weighted by Crippen LogP contribution is -2.09. The standard InChI is InChI=1S/C22H18N4/c1-16-15-21(24-19-12-6-5-11-18(16)19)25-26-22(17-9-3-2-4-10-17)20-13-7-8-14-23-20/h2-15H,1H3,(H,24,25). The van der Waals surface area contributed by atoms with E-state index in [1.165, 1.54) is 0 Å². The van der Waals surface area contributed by atoms with Gasteiger partial charge in [-0.05, 0) is 36.8 Å². The number of aromatic nitrogens is 2. The molecule has 4 rings (SSSR count). The highest BCUT2D eigenvalue weighted by Gasteiger charge is 2.08. The van der Waals surface area contributed by atoms with Crippen LogP contribution in [0, 0.1) is 6.92 Å². The van der Waals surface area contributed by atoms with Crippen molar-refractivity contribution in [1.82, 2.24) is 9.97 Å². The van der Waals surface area contributed by atoms with Gasteiger partial charge >= 0.3 is 0 Å². The zero-order chi connectivity index (χ0) is 17.8. The van der Waals surface area contributed by atoms with Crippen molar-refractivity contribution in [3.63, 3.8) is 0 Å². The van der Waals surface area contributed by atoms with Gasteiger partial charge in [0.2, 0.25) is 0 Å². The highest BCUT2D eigenvalue weighted by Crippen LogP contribution is 2.20. The zero-order valence-electron chi connectivity index (χ0n) is 14.4. The van der Waals surface area contributed by atoms with E-state index in [1.807, 2.05) is 72.8 Å². The van der Waals surface area contributed by atoms with Crippen LogP contribution in [0.15, 0.2) is 90.2 Å². The Hall–Kier alpha value is -3.53. The van der Waals surface area contributed by atoms with Crippen LogP contribution in [0.2, 0.25) is 0 Å². The molecule has 4 aromatic rings. The Morgan fingerprint density at radius 2 is 1.65 bits per heavy atom. The largest absolute Gasteiger partial charge is 0.261 e. The van der Waals surface area contributed by atoms with Gasteiger partial charge in [0.05, 0.1) is 11.2 Å². The number of nitrogens with one attached hydrogen (secondary N) is 1. The van der Waals surface area contributed by atoms with Crippen LogP contribution in [0.5, 0.6) is 0 Å². The molecule has 0 fully saturated rings. The predicted molar refractivity (Wildman–Crippen MR) is 106 cm³/mol. The second-order valence-electron chi connectivity index (χ2n) is 5.99. The summed E-state index contributed by atoms with van der Waals surface area (Å²) in [4.78, 5) is 9.10. The fraction of sp³-hybridized carbons (Fsp3) is 0.0455. The number of rotatable bonds is 4. The number of benzene rings is 2. The lowest BCUT2D eigenvalue weighted by molar-refractivity contribution is 1.22. The van der Waals surface area contributed by atoms with Gasteiger partial charge in [-0.15, -0.1) is 0 Å². The molecule has 4 nitrogen and oxygen atoms in total. The number of hydrazone groups is 1. The van der Waals surface area contributed by atoms with Gasteiger partial charge in [0.15, 0.2) is 0 Å². The molecule has 0 aliphatic heterocycles. The molecule has 0 radical (unpaired) electrons. The third kappa shape index (κ3) is 3.30. The van der Waals surface area contributed by atoms with Crippen LogP contribution in [0.3, 0.4) is 0 Å². The minimum Gasteiger partial charge on any atom is -0.261 e. The van der Waals surface area contributed by atoms with Crippen molar-refractivity contribution in [1.29, 1.82) is 0 Å². The molecule has 0 aliphatic rings. The van der Waals surface area contributed by atoms with Crippen molar-refractivity contribution in [2.75, 3.05) is 5.43 Å². The van der Waals surface area contributed by atoms with Crippen molar-refractivity contribution < 1.29 is 0 Å². The topological polar surface area (TPSA) is 50.2 Å². The Morgan fingerprint density at radius 1 is 0.885 bits per heavy atom. The number of nitrogens with zero attached hydrogens (tertiary/aromatic N) is 3. The molecule has 0 spiro atoms. The van der Waals surface area contributed by atoms with E-state index >= 15 is 0 Å². The van der Waals surface area contributed by atoms with Crippen LogP contribution in [0.4, 0.5) is 5.82 Å². The third-order valence-electron chi connectivity index (χ3n) is 4.16. The number of hydrogen-bond acceptors (Lipinski definition) is 4. The maximum absolute atomic E-state index is 4.66. The Balaban J connectivity index is 1.74. The van der Waals surface area contributed by atoms with Crippen LogP contribution >= 0.6 is 0 Å². The zero-order valence-corrected chi connectivity index (χ0v) is 14.4. The lowest BCUT2D eigenvalue weighted by atomic mass is 10.1. The summed E-state index contributed by atoms with van der Waals surface area (Å²) < 4.78 is 0. The molecule has 0 unspecified atom stereocenters. The summed E-state index contributed by atoms with van der Waals surface area (Å²) in [5, 5.41) is 5.77. The SMILES string of the molecule is Cc1cc(NN=C(c2ccccc2)c2ccccn2)nc2ccccc12. The quantitative estimate of drug-likeness (QED) is 0.429. The Labute approximate surface area is 152 Å². The van der Waals surface area contributed by atoms with E-state index in [1.54, 1.807) is 6.20 Å². The molecule has 0 bridgehead atoms. The van der Waals surface area contributed by atoms with Crippen LogP contribution in [-0.2, 0) is 0 Å². The van der Waals surface area contributed by atoms with Crippen LogP contribution < -0.4 is 5.43 Å². The fourth-order valence-corrected chi connectivity index (χ4v) is 2.89. The first-order valence-electron chi connectivity index (χ1n) is 8.48. The highest BCUT2D eigenvalue weighted by molar-refractivity contribution is 6.11. The molecule has 26 heavy (non-hydrogen) atoms. The lowest BCUT2D eigenvalue weighted by Gasteiger charge is -2.09. The van der Waals surface area contributed by atoms with E-state index in [0.29, 0.717) is 5.82 Å². The Bertz CT molecular complexity index is 1020. The van der Waals surface area contributed by atoms with Crippen molar-refractivity contribution in [3.8, 4) is 0 Å². The first-order valence-corrected chi connectivity index (χ1v) is 8.48. The van der Waals surface area contributed by atoms with Crippen molar-refractivity contribution in [2.45, 2.75) is 6.92 Å². The van der Waals surface area contributed by atoms with Crippen molar-refractivity contribution >= 4 is 22.4 Å². The van der Waals surface area contributed by atoms with Gasteiger partial charge in [0.25, 0.3) is 0 Å². The van der Waals surface area contributed by atoms with Crippen molar-refractivity contribution in [2.24, 2.45) is 5.10 Å².